The minimum absolute atomic E-state index is 0.194. The first-order chi connectivity index (χ1) is 9.10. The van der Waals surface area contributed by atoms with Crippen LogP contribution in [-0.2, 0) is 0 Å². The molecule has 0 bridgehead atoms. The van der Waals surface area contributed by atoms with Crippen molar-refractivity contribution in [2.75, 3.05) is 17.3 Å². The van der Waals surface area contributed by atoms with E-state index in [9.17, 15) is 9.90 Å². The Morgan fingerprint density at radius 1 is 1.47 bits per heavy atom. The van der Waals surface area contributed by atoms with E-state index in [4.69, 9.17) is 5.73 Å². The Hall–Kier alpha value is -1.43. The first kappa shape index (κ1) is 14.0. The number of thioether (sulfide) groups is 1. The molecule has 0 saturated heterocycles. The van der Waals surface area contributed by atoms with Crippen molar-refractivity contribution in [3.05, 3.63) is 17.8 Å². The monoisotopic (exact) mass is 281 g/mol. The third-order valence-electron chi connectivity index (χ3n) is 3.52. The summed E-state index contributed by atoms with van der Waals surface area (Å²) in [6, 6.07) is 1.73. The van der Waals surface area contributed by atoms with Crippen LogP contribution in [0.2, 0.25) is 0 Å². The molecular formula is C13H19N3O2S. The van der Waals surface area contributed by atoms with E-state index in [1.807, 2.05) is 11.8 Å². The Bertz CT molecular complexity index is 459. The average molecular weight is 281 g/mol. The first-order valence-corrected chi connectivity index (χ1v) is 7.67. The van der Waals surface area contributed by atoms with Crippen molar-refractivity contribution in [3.63, 3.8) is 0 Å². The van der Waals surface area contributed by atoms with Crippen molar-refractivity contribution in [3.8, 4) is 0 Å². The van der Waals surface area contributed by atoms with Crippen molar-refractivity contribution in [1.29, 1.82) is 0 Å². The van der Waals surface area contributed by atoms with Crippen LogP contribution < -0.4 is 11.1 Å². The summed E-state index contributed by atoms with van der Waals surface area (Å²) in [4.78, 5) is 15.2. The molecule has 1 aromatic rings. The van der Waals surface area contributed by atoms with E-state index in [1.165, 1.54) is 25.1 Å². The number of hydrogen-bond donors (Lipinski definition) is 3. The molecule has 0 aromatic carbocycles. The molecule has 0 aliphatic heterocycles. The summed E-state index contributed by atoms with van der Waals surface area (Å²) in [7, 11) is 0. The summed E-state index contributed by atoms with van der Waals surface area (Å²) >= 11 is 1.91. The number of pyridine rings is 1. The lowest BCUT2D eigenvalue weighted by atomic mass is 9.94. The summed E-state index contributed by atoms with van der Waals surface area (Å²) in [5.41, 5.74) is 6.29. The van der Waals surface area contributed by atoms with Gasteiger partial charge in [-0.2, -0.15) is 11.8 Å². The highest BCUT2D eigenvalue weighted by molar-refractivity contribution is 7.99. The van der Waals surface area contributed by atoms with Crippen LogP contribution in [0.4, 0.5) is 11.5 Å². The molecule has 4 N–H and O–H groups in total. The van der Waals surface area contributed by atoms with E-state index in [0.29, 0.717) is 11.7 Å². The van der Waals surface area contributed by atoms with Gasteiger partial charge in [-0.3, -0.25) is 0 Å². The van der Waals surface area contributed by atoms with Crippen molar-refractivity contribution < 1.29 is 9.90 Å². The molecule has 0 radical (unpaired) electrons. The molecular weight excluding hydrogens is 262 g/mol. The second kappa shape index (κ2) is 6.14. The molecule has 1 aromatic heterocycles. The summed E-state index contributed by atoms with van der Waals surface area (Å²) in [6.07, 6.45) is 8.13. The molecule has 0 spiro atoms. The molecule has 0 unspecified atom stereocenters. The molecule has 1 fully saturated rings. The highest BCUT2D eigenvalue weighted by Crippen LogP contribution is 2.29. The quantitative estimate of drug-likeness (QED) is 0.785. The van der Waals surface area contributed by atoms with E-state index >= 15 is 0 Å². The van der Waals surface area contributed by atoms with Crippen molar-refractivity contribution in [2.24, 2.45) is 0 Å². The van der Waals surface area contributed by atoms with Crippen LogP contribution in [0.25, 0.3) is 0 Å². The minimum atomic E-state index is -0.977. The number of carbonyl (C=O) groups is 1. The fourth-order valence-corrected chi connectivity index (χ4v) is 3.17. The van der Waals surface area contributed by atoms with Crippen LogP contribution in [0.3, 0.4) is 0 Å². The molecule has 0 atom stereocenters. The van der Waals surface area contributed by atoms with Gasteiger partial charge >= 0.3 is 5.97 Å². The van der Waals surface area contributed by atoms with Gasteiger partial charge in [0.15, 0.2) is 0 Å². The highest BCUT2D eigenvalue weighted by atomic mass is 32.2. The summed E-state index contributed by atoms with van der Waals surface area (Å²) in [6.45, 7) is 0. The number of anilines is 2. The normalized spacial score (nSPS) is 23.0. The average Bonchev–Trinajstić information content (AvgIpc) is 2.41. The van der Waals surface area contributed by atoms with E-state index in [1.54, 1.807) is 0 Å². The second-order valence-corrected chi connectivity index (χ2v) is 5.95. The van der Waals surface area contributed by atoms with Crippen molar-refractivity contribution in [1.82, 2.24) is 4.98 Å². The molecule has 1 heterocycles. The summed E-state index contributed by atoms with van der Waals surface area (Å²) in [5.74, 6) is -0.747. The summed E-state index contributed by atoms with van der Waals surface area (Å²) in [5, 5.41) is 13.2. The molecule has 1 saturated carbocycles. The largest absolute Gasteiger partial charge is 0.478 e. The fraction of sp³-hybridized carbons (Fsp3) is 0.538. The predicted molar refractivity (Wildman–Crippen MR) is 78.8 cm³/mol. The lowest BCUT2D eigenvalue weighted by Gasteiger charge is -2.29. The van der Waals surface area contributed by atoms with Crippen LogP contribution in [0.1, 0.15) is 36.0 Å². The van der Waals surface area contributed by atoms with Gasteiger partial charge < -0.3 is 16.2 Å². The van der Waals surface area contributed by atoms with Gasteiger partial charge in [-0.05, 0) is 38.0 Å². The van der Waals surface area contributed by atoms with Gasteiger partial charge in [0.05, 0.1) is 17.4 Å². The number of nitrogen functional groups attached to an aromatic ring is 1. The lowest BCUT2D eigenvalue weighted by molar-refractivity contribution is 0.0698. The molecule has 1 aliphatic rings. The first-order valence-electron chi connectivity index (χ1n) is 6.38. The minimum Gasteiger partial charge on any atom is -0.478 e. The topological polar surface area (TPSA) is 88.2 Å². The smallest absolute Gasteiger partial charge is 0.337 e. The van der Waals surface area contributed by atoms with E-state index in [-0.39, 0.29) is 11.4 Å². The standard InChI is InChI=1S/C13H19N3O2S/c1-19-9-4-2-8(3-5-9)16-11-7-15-12(14)6-10(11)13(17)18/h6-9,16H,2-5H2,1H3,(H2,14,15)(H,17,18). The lowest BCUT2D eigenvalue weighted by Crippen LogP contribution is -2.28. The summed E-state index contributed by atoms with van der Waals surface area (Å²) < 4.78 is 0. The SMILES string of the molecule is CSC1CCC(Nc2cnc(N)cc2C(=O)O)CC1. The highest BCUT2D eigenvalue weighted by Gasteiger charge is 2.22. The Kier molecular flexibility index (Phi) is 4.52. The fourth-order valence-electron chi connectivity index (χ4n) is 2.43. The Morgan fingerprint density at radius 2 is 2.16 bits per heavy atom. The maximum absolute atomic E-state index is 11.2. The van der Waals surface area contributed by atoms with Crippen LogP contribution in [0.5, 0.6) is 0 Å². The van der Waals surface area contributed by atoms with Crippen molar-refractivity contribution in [2.45, 2.75) is 37.0 Å². The van der Waals surface area contributed by atoms with Gasteiger partial charge in [0.25, 0.3) is 0 Å². The zero-order valence-electron chi connectivity index (χ0n) is 10.9. The van der Waals surface area contributed by atoms with E-state index in [2.05, 4.69) is 16.6 Å². The zero-order chi connectivity index (χ0) is 13.8. The molecule has 0 amide bonds. The number of aromatic carboxylic acids is 1. The van der Waals surface area contributed by atoms with Gasteiger partial charge in [-0.25, -0.2) is 9.78 Å². The maximum atomic E-state index is 11.2. The van der Waals surface area contributed by atoms with Gasteiger partial charge in [0.1, 0.15) is 5.82 Å². The Labute approximate surface area is 117 Å². The number of hydrogen-bond acceptors (Lipinski definition) is 5. The van der Waals surface area contributed by atoms with E-state index < -0.39 is 5.97 Å². The number of rotatable bonds is 4. The van der Waals surface area contributed by atoms with Crippen LogP contribution in [0.15, 0.2) is 12.3 Å². The number of carboxylic acid groups (broad SMARTS) is 1. The van der Waals surface area contributed by atoms with Crippen LogP contribution in [-0.4, -0.2) is 33.6 Å². The van der Waals surface area contributed by atoms with Crippen LogP contribution in [0, 0.1) is 0 Å². The van der Waals surface area contributed by atoms with Crippen LogP contribution >= 0.6 is 11.8 Å². The molecule has 104 valence electrons. The number of nitrogens with one attached hydrogen (secondary N) is 1. The number of aromatic nitrogens is 1. The van der Waals surface area contributed by atoms with Gasteiger partial charge in [0, 0.05) is 11.3 Å². The Morgan fingerprint density at radius 3 is 2.74 bits per heavy atom. The molecule has 6 heteroatoms. The predicted octanol–water partition coefficient (Wildman–Crippen LogP) is 2.45. The van der Waals surface area contributed by atoms with Gasteiger partial charge in [-0.1, -0.05) is 0 Å². The number of carboxylic acids is 1. The third-order valence-corrected chi connectivity index (χ3v) is 4.66. The zero-order valence-corrected chi connectivity index (χ0v) is 11.7. The van der Waals surface area contributed by atoms with Crippen molar-refractivity contribution >= 4 is 29.2 Å². The molecule has 2 rings (SSSR count). The van der Waals surface area contributed by atoms with E-state index in [0.717, 1.165) is 18.1 Å². The second-order valence-electron chi connectivity index (χ2n) is 4.81. The Balaban J connectivity index is 2.05. The third kappa shape index (κ3) is 3.53. The maximum Gasteiger partial charge on any atom is 0.337 e. The van der Waals surface area contributed by atoms with Gasteiger partial charge in [-0.15, -0.1) is 0 Å². The van der Waals surface area contributed by atoms with Gasteiger partial charge in [0.2, 0.25) is 0 Å². The number of nitrogens with zero attached hydrogens (tertiary/aromatic N) is 1. The molecule has 19 heavy (non-hydrogen) atoms. The molecule has 1 aliphatic carbocycles. The molecule has 5 nitrogen and oxygen atoms in total. The number of nitrogens with two attached hydrogens (primary N) is 1.